The molecule has 1 fully saturated rings. The van der Waals surface area contributed by atoms with Crippen LogP contribution in [0, 0.1) is 0 Å². The Morgan fingerprint density at radius 3 is 2.58 bits per heavy atom. The van der Waals surface area contributed by atoms with E-state index >= 15 is 0 Å². The summed E-state index contributed by atoms with van der Waals surface area (Å²) in [5.74, 6) is -1.25. The van der Waals surface area contributed by atoms with Gasteiger partial charge in [0.15, 0.2) is 0 Å². The molecule has 5 nitrogen and oxygen atoms in total. The average Bonchev–Trinajstić information content (AvgIpc) is 2.85. The zero-order chi connectivity index (χ0) is 14.5. The van der Waals surface area contributed by atoms with Gasteiger partial charge in [-0.15, -0.1) is 0 Å². The van der Waals surface area contributed by atoms with Crippen LogP contribution in [-0.2, 0) is 14.3 Å². The van der Waals surface area contributed by atoms with Crippen molar-refractivity contribution < 1.29 is 27.5 Å². The van der Waals surface area contributed by atoms with Crippen molar-refractivity contribution in [3.63, 3.8) is 0 Å². The van der Waals surface area contributed by atoms with Gasteiger partial charge in [-0.3, -0.25) is 9.59 Å². The Labute approximate surface area is 109 Å². The molecule has 0 aromatic rings. The van der Waals surface area contributed by atoms with Crippen molar-refractivity contribution in [1.29, 1.82) is 0 Å². The van der Waals surface area contributed by atoms with Gasteiger partial charge >= 0.3 is 12.1 Å². The van der Waals surface area contributed by atoms with Gasteiger partial charge in [-0.25, -0.2) is 0 Å². The van der Waals surface area contributed by atoms with Gasteiger partial charge in [0, 0.05) is 6.54 Å². The van der Waals surface area contributed by atoms with E-state index in [0.29, 0.717) is 17.9 Å². The first-order valence-electron chi connectivity index (χ1n) is 5.99. The molecule has 1 aliphatic heterocycles. The van der Waals surface area contributed by atoms with E-state index in [1.54, 1.807) is 0 Å². The van der Waals surface area contributed by atoms with E-state index < -0.39 is 30.6 Å². The van der Waals surface area contributed by atoms with Crippen LogP contribution in [0.2, 0.25) is 0 Å². The highest BCUT2D eigenvalue weighted by atomic mass is 19.4. The molecule has 1 aliphatic rings. The van der Waals surface area contributed by atoms with Crippen molar-refractivity contribution in [3.05, 3.63) is 0 Å². The summed E-state index contributed by atoms with van der Waals surface area (Å²) in [5.41, 5.74) is 0. The summed E-state index contributed by atoms with van der Waals surface area (Å²) >= 11 is 0. The number of hydrogen-bond acceptors (Lipinski definition) is 4. The van der Waals surface area contributed by atoms with Crippen LogP contribution in [-0.4, -0.2) is 55.7 Å². The maximum Gasteiger partial charge on any atom is 0.406 e. The molecule has 1 amide bonds. The molecule has 0 radical (unpaired) electrons. The summed E-state index contributed by atoms with van der Waals surface area (Å²) in [5, 5.41) is 2.85. The summed E-state index contributed by atoms with van der Waals surface area (Å²) in [6.45, 7) is -1.02. The molecule has 19 heavy (non-hydrogen) atoms. The lowest BCUT2D eigenvalue weighted by atomic mass is 10.2. The van der Waals surface area contributed by atoms with Crippen LogP contribution in [0.15, 0.2) is 0 Å². The van der Waals surface area contributed by atoms with Crippen LogP contribution in [0.1, 0.15) is 19.3 Å². The van der Waals surface area contributed by atoms with Gasteiger partial charge in [-0.1, -0.05) is 0 Å². The van der Waals surface area contributed by atoms with E-state index in [1.807, 2.05) is 0 Å². The van der Waals surface area contributed by atoms with Crippen LogP contribution in [0.25, 0.3) is 0 Å². The SMILES string of the molecule is COC(=O)CCN(CC(F)(F)F)C(=O)[C@H]1CCCN1. The summed E-state index contributed by atoms with van der Waals surface area (Å²) in [4.78, 5) is 23.6. The minimum Gasteiger partial charge on any atom is -0.469 e. The summed E-state index contributed by atoms with van der Waals surface area (Å²) in [7, 11) is 1.15. The molecule has 0 unspecified atom stereocenters. The third-order valence-corrected chi connectivity index (χ3v) is 2.85. The molecule has 0 aromatic carbocycles. The third kappa shape index (κ3) is 5.46. The lowest BCUT2D eigenvalue weighted by Gasteiger charge is -2.26. The van der Waals surface area contributed by atoms with E-state index in [9.17, 15) is 22.8 Å². The number of methoxy groups -OCH3 is 1. The monoisotopic (exact) mass is 282 g/mol. The van der Waals surface area contributed by atoms with Crippen LogP contribution in [0.5, 0.6) is 0 Å². The van der Waals surface area contributed by atoms with Gasteiger partial charge in [-0.05, 0) is 19.4 Å². The molecule has 1 saturated heterocycles. The molecule has 0 saturated carbocycles. The second kappa shape index (κ2) is 6.74. The topological polar surface area (TPSA) is 58.6 Å². The second-order valence-electron chi connectivity index (χ2n) is 4.35. The van der Waals surface area contributed by atoms with E-state index in [0.717, 1.165) is 13.5 Å². The van der Waals surface area contributed by atoms with E-state index in [1.165, 1.54) is 0 Å². The van der Waals surface area contributed by atoms with Crippen LogP contribution in [0.4, 0.5) is 13.2 Å². The van der Waals surface area contributed by atoms with Gasteiger partial charge in [0.25, 0.3) is 0 Å². The molecule has 110 valence electrons. The number of carbonyl (C=O) groups is 2. The fourth-order valence-corrected chi connectivity index (χ4v) is 1.93. The molecule has 0 aliphatic carbocycles. The van der Waals surface area contributed by atoms with E-state index in [2.05, 4.69) is 10.1 Å². The number of ether oxygens (including phenoxy) is 1. The maximum absolute atomic E-state index is 12.4. The zero-order valence-electron chi connectivity index (χ0n) is 10.6. The molecule has 0 aromatic heterocycles. The molecule has 1 heterocycles. The summed E-state index contributed by atoms with van der Waals surface area (Å²) in [6, 6.07) is -0.583. The number of nitrogens with one attached hydrogen (secondary N) is 1. The highest BCUT2D eigenvalue weighted by Gasteiger charge is 2.36. The largest absolute Gasteiger partial charge is 0.469 e. The molecule has 0 spiro atoms. The fraction of sp³-hybridized carbons (Fsp3) is 0.818. The van der Waals surface area contributed by atoms with E-state index in [-0.39, 0.29) is 13.0 Å². The fourth-order valence-electron chi connectivity index (χ4n) is 1.93. The summed E-state index contributed by atoms with van der Waals surface area (Å²) in [6.07, 6.45) is -3.45. The highest BCUT2D eigenvalue weighted by molar-refractivity contribution is 5.82. The normalized spacial score (nSPS) is 19.3. The Morgan fingerprint density at radius 1 is 1.42 bits per heavy atom. The van der Waals surface area contributed by atoms with Crippen molar-refractivity contribution in [2.45, 2.75) is 31.5 Å². The molecule has 8 heteroatoms. The van der Waals surface area contributed by atoms with E-state index in [4.69, 9.17) is 0 Å². The van der Waals surface area contributed by atoms with Crippen molar-refractivity contribution in [1.82, 2.24) is 10.2 Å². The molecule has 1 atom stereocenters. The minimum atomic E-state index is -4.48. The Kier molecular flexibility index (Phi) is 5.59. The number of halogens is 3. The number of esters is 1. The van der Waals surface area contributed by atoms with Crippen molar-refractivity contribution >= 4 is 11.9 Å². The van der Waals surface area contributed by atoms with Gasteiger partial charge in [-0.2, -0.15) is 13.2 Å². The van der Waals surface area contributed by atoms with Gasteiger partial charge in [0.05, 0.1) is 19.6 Å². The Balaban J connectivity index is 2.62. The Hall–Kier alpha value is -1.31. The van der Waals surface area contributed by atoms with Gasteiger partial charge in [0.2, 0.25) is 5.91 Å². The standard InChI is InChI=1S/C11H17F3N2O3/c1-19-9(17)4-6-16(7-11(12,13)14)10(18)8-3-2-5-15-8/h8,15H,2-7H2,1H3/t8-/m1/s1. The minimum absolute atomic E-state index is 0.245. The van der Waals surface area contributed by atoms with Crippen LogP contribution >= 0.6 is 0 Å². The van der Waals surface area contributed by atoms with Gasteiger partial charge < -0.3 is 15.0 Å². The summed E-state index contributed by atoms with van der Waals surface area (Å²) < 4.78 is 41.6. The predicted molar refractivity (Wildman–Crippen MR) is 60.3 cm³/mol. The highest BCUT2D eigenvalue weighted by Crippen LogP contribution is 2.18. The molecule has 0 bridgehead atoms. The smallest absolute Gasteiger partial charge is 0.406 e. The second-order valence-corrected chi connectivity index (χ2v) is 4.35. The number of alkyl halides is 3. The number of carbonyl (C=O) groups excluding carboxylic acids is 2. The maximum atomic E-state index is 12.4. The number of amides is 1. The lowest BCUT2D eigenvalue weighted by molar-refractivity contribution is -0.163. The average molecular weight is 282 g/mol. The molecule has 1 N–H and O–H groups in total. The lowest BCUT2D eigenvalue weighted by Crippen LogP contribution is -2.48. The van der Waals surface area contributed by atoms with Crippen molar-refractivity contribution in [2.24, 2.45) is 0 Å². The number of nitrogens with zero attached hydrogens (tertiary/aromatic N) is 1. The first-order valence-corrected chi connectivity index (χ1v) is 5.99. The van der Waals surface area contributed by atoms with Gasteiger partial charge in [0.1, 0.15) is 6.54 Å². The quantitative estimate of drug-likeness (QED) is 0.754. The third-order valence-electron chi connectivity index (χ3n) is 2.85. The van der Waals surface area contributed by atoms with Crippen LogP contribution in [0.3, 0.4) is 0 Å². The van der Waals surface area contributed by atoms with Crippen molar-refractivity contribution in [3.8, 4) is 0 Å². The molecule has 1 rings (SSSR count). The Bertz CT molecular complexity index is 328. The van der Waals surface area contributed by atoms with Crippen molar-refractivity contribution in [2.75, 3.05) is 26.7 Å². The first kappa shape index (κ1) is 15.7. The predicted octanol–water partition coefficient (Wildman–Crippen LogP) is 0.692. The number of hydrogen-bond donors (Lipinski definition) is 1. The number of rotatable bonds is 5. The first-order chi connectivity index (χ1) is 8.83. The van der Waals surface area contributed by atoms with Crippen LogP contribution < -0.4 is 5.32 Å². The molecular weight excluding hydrogens is 265 g/mol. The zero-order valence-corrected chi connectivity index (χ0v) is 10.6. The Morgan fingerprint density at radius 2 is 2.11 bits per heavy atom. The molecular formula is C11H17F3N2O3.